The zero-order valence-corrected chi connectivity index (χ0v) is 9.02. The Morgan fingerprint density at radius 1 is 1.43 bits per heavy atom. The summed E-state index contributed by atoms with van der Waals surface area (Å²) < 4.78 is 6.45. The van der Waals surface area contributed by atoms with E-state index in [-0.39, 0.29) is 6.61 Å². The smallest absolute Gasteiger partial charge is 0.137 e. The van der Waals surface area contributed by atoms with Gasteiger partial charge in [-0.3, -0.25) is 0 Å². The van der Waals surface area contributed by atoms with Gasteiger partial charge in [-0.1, -0.05) is 6.07 Å². The highest BCUT2D eigenvalue weighted by Gasteiger charge is 2.08. The molecule has 2 rings (SSSR count). The van der Waals surface area contributed by atoms with Crippen molar-refractivity contribution in [1.29, 1.82) is 0 Å². The first-order chi connectivity index (χ1) is 6.77. The minimum Gasteiger partial charge on any atom is -0.495 e. The number of rotatable bonds is 2. The number of benzene rings is 1. The van der Waals surface area contributed by atoms with Crippen LogP contribution >= 0.6 is 11.3 Å². The first-order valence-electron chi connectivity index (χ1n) is 4.42. The molecular weight excluding hydrogens is 196 g/mol. The summed E-state index contributed by atoms with van der Waals surface area (Å²) in [6, 6.07) is 3.95. The Labute approximate surface area is 86.8 Å². The van der Waals surface area contributed by atoms with Crippen molar-refractivity contribution in [3.63, 3.8) is 0 Å². The Hall–Kier alpha value is -1.06. The largest absolute Gasteiger partial charge is 0.495 e. The van der Waals surface area contributed by atoms with Gasteiger partial charge in [-0.15, -0.1) is 11.3 Å². The number of ether oxygens (including phenoxy) is 1. The van der Waals surface area contributed by atoms with Crippen molar-refractivity contribution in [2.24, 2.45) is 0 Å². The highest BCUT2D eigenvalue weighted by Crippen LogP contribution is 2.35. The van der Waals surface area contributed by atoms with Gasteiger partial charge in [-0.25, -0.2) is 0 Å². The molecular formula is C11H12O2S. The standard InChI is InChI=1S/C11H12O2S/c1-7-8(5-12)3-4-9-10(13-2)6-14-11(7)9/h3-4,6,12H,5H2,1-2H3. The molecule has 0 amide bonds. The van der Waals surface area contributed by atoms with Crippen LogP contribution in [0.4, 0.5) is 0 Å². The zero-order valence-electron chi connectivity index (χ0n) is 8.20. The lowest BCUT2D eigenvalue weighted by atomic mass is 10.1. The molecule has 0 spiro atoms. The second-order valence-corrected chi connectivity index (χ2v) is 4.07. The second kappa shape index (κ2) is 3.59. The maximum absolute atomic E-state index is 9.12. The third-order valence-corrected chi connectivity index (χ3v) is 3.55. The van der Waals surface area contributed by atoms with E-state index in [1.54, 1.807) is 18.4 Å². The molecule has 0 saturated heterocycles. The molecule has 0 atom stereocenters. The van der Waals surface area contributed by atoms with Gasteiger partial charge in [0, 0.05) is 15.5 Å². The van der Waals surface area contributed by atoms with E-state index in [0.29, 0.717) is 0 Å². The van der Waals surface area contributed by atoms with Crippen molar-refractivity contribution in [2.45, 2.75) is 13.5 Å². The van der Waals surface area contributed by atoms with Crippen molar-refractivity contribution in [1.82, 2.24) is 0 Å². The lowest BCUT2D eigenvalue weighted by Gasteiger charge is -2.03. The van der Waals surface area contributed by atoms with Crippen molar-refractivity contribution >= 4 is 21.4 Å². The normalized spacial score (nSPS) is 10.8. The van der Waals surface area contributed by atoms with Gasteiger partial charge in [0.05, 0.1) is 13.7 Å². The molecule has 1 N–H and O–H groups in total. The van der Waals surface area contributed by atoms with Crippen molar-refractivity contribution < 1.29 is 9.84 Å². The van der Waals surface area contributed by atoms with E-state index >= 15 is 0 Å². The first kappa shape index (κ1) is 9.49. The fourth-order valence-electron chi connectivity index (χ4n) is 1.58. The van der Waals surface area contributed by atoms with Crippen LogP contribution in [0.1, 0.15) is 11.1 Å². The van der Waals surface area contributed by atoms with Gasteiger partial charge < -0.3 is 9.84 Å². The van der Waals surface area contributed by atoms with E-state index < -0.39 is 0 Å². The summed E-state index contributed by atoms with van der Waals surface area (Å²) in [5.41, 5.74) is 2.14. The third-order valence-electron chi connectivity index (χ3n) is 2.46. The van der Waals surface area contributed by atoms with E-state index in [2.05, 4.69) is 0 Å². The van der Waals surface area contributed by atoms with Gasteiger partial charge in [0.2, 0.25) is 0 Å². The van der Waals surface area contributed by atoms with E-state index in [9.17, 15) is 0 Å². The van der Waals surface area contributed by atoms with Crippen LogP contribution in [0.5, 0.6) is 5.75 Å². The monoisotopic (exact) mass is 208 g/mol. The number of fused-ring (bicyclic) bond motifs is 1. The molecule has 0 aliphatic rings. The van der Waals surface area contributed by atoms with Gasteiger partial charge in [0.15, 0.2) is 0 Å². The SMILES string of the molecule is COc1csc2c(C)c(CO)ccc12. The summed E-state index contributed by atoms with van der Waals surface area (Å²) in [6.07, 6.45) is 0. The second-order valence-electron chi connectivity index (χ2n) is 3.19. The fourth-order valence-corrected chi connectivity index (χ4v) is 2.64. The summed E-state index contributed by atoms with van der Waals surface area (Å²) in [6.45, 7) is 2.13. The number of hydrogen-bond donors (Lipinski definition) is 1. The average Bonchev–Trinajstić information content (AvgIpc) is 2.62. The third kappa shape index (κ3) is 1.29. The Kier molecular flexibility index (Phi) is 2.44. The average molecular weight is 208 g/mol. The number of methoxy groups -OCH3 is 1. The highest BCUT2D eigenvalue weighted by atomic mass is 32.1. The molecule has 0 saturated carbocycles. The summed E-state index contributed by atoms with van der Waals surface area (Å²) in [4.78, 5) is 0. The number of aryl methyl sites for hydroxylation is 1. The Balaban J connectivity index is 2.72. The molecule has 1 aromatic carbocycles. The predicted molar refractivity (Wildman–Crippen MR) is 59.0 cm³/mol. The molecule has 1 aromatic heterocycles. The van der Waals surface area contributed by atoms with E-state index in [4.69, 9.17) is 9.84 Å². The number of aliphatic hydroxyl groups excluding tert-OH is 1. The molecule has 3 heteroatoms. The lowest BCUT2D eigenvalue weighted by molar-refractivity contribution is 0.281. The highest BCUT2D eigenvalue weighted by molar-refractivity contribution is 7.17. The van der Waals surface area contributed by atoms with Gasteiger partial charge in [-0.05, 0) is 24.1 Å². The number of aliphatic hydroxyl groups is 1. The molecule has 2 aromatic rings. The molecule has 0 aliphatic carbocycles. The van der Waals surface area contributed by atoms with Crippen LogP contribution in [0.3, 0.4) is 0 Å². The van der Waals surface area contributed by atoms with Crippen LogP contribution in [0, 0.1) is 6.92 Å². The van der Waals surface area contributed by atoms with Gasteiger partial charge in [-0.2, -0.15) is 0 Å². The molecule has 0 aliphatic heterocycles. The molecule has 1 heterocycles. The minimum absolute atomic E-state index is 0.0992. The van der Waals surface area contributed by atoms with Crippen molar-refractivity contribution in [3.05, 3.63) is 28.6 Å². The Bertz CT molecular complexity index is 460. The quantitative estimate of drug-likeness (QED) is 0.822. The van der Waals surface area contributed by atoms with Crippen LogP contribution in [0.25, 0.3) is 10.1 Å². The van der Waals surface area contributed by atoms with Crippen LogP contribution in [-0.4, -0.2) is 12.2 Å². The molecule has 14 heavy (non-hydrogen) atoms. The summed E-state index contributed by atoms with van der Waals surface area (Å²) in [5.74, 6) is 0.914. The number of thiophene rings is 1. The number of hydrogen-bond acceptors (Lipinski definition) is 3. The molecule has 0 bridgehead atoms. The Morgan fingerprint density at radius 3 is 2.86 bits per heavy atom. The van der Waals surface area contributed by atoms with Gasteiger partial charge in [0.25, 0.3) is 0 Å². The van der Waals surface area contributed by atoms with Crippen LogP contribution in [0.15, 0.2) is 17.5 Å². The predicted octanol–water partition coefficient (Wildman–Crippen LogP) is 2.71. The fraction of sp³-hybridized carbons (Fsp3) is 0.273. The summed E-state index contributed by atoms with van der Waals surface area (Å²) in [5, 5.41) is 12.2. The Morgan fingerprint density at radius 2 is 2.21 bits per heavy atom. The van der Waals surface area contributed by atoms with Crippen molar-refractivity contribution in [3.8, 4) is 5.75 Å². The van der Waals surface area contributed by atoms with Crippen LogP contribution in [-0.2, 0) is 6.61 Å². The van der Waals surface area contributed by atoms with Crippen LogP contribution in [0.2, 0.25) is 0 Å². The molecule has 2 nitrogen and oxygen atoms in total. The maximum atomic E-state index is 9.12. The lowest BCUT2D eigenvalue weighted by Crippen LogP contribution is -1.88. The van der Waals surface area contributed by atoms with E-state index in [0.717, 1.165) is 22.3 Å². The topological polar surface area (TPSA) is 29.5 Å². The molecule has 0 unspecified atom stereocenters. The summed E-state index contributed by atoms with van der Waals surface area (Å²) in [7, 11) is 1.68. The van der Waals surface area contributed by atoms with Gasteiger partial charge >= 0.3 is 0 Å². The zero-order chi connectivity index (χ0) is 10.1. The molecule has 0 radical (unpaired) electrons. The molecule has 0 fully saturated rings. The summed E-state index contributed by atoms with van der Waals surface area (Å²) >= 11 is 1.66. The first-order valence-corrected chi connectivity index (χ1v) is 5.30. The van der Waals surface area contributed by atoms with Crippen molar-refractivity contribution in [2.75, 3.05) is 7.11 Å². The maximum Gasteiger partial charge on any atom is 0.137 e. The molecule has 74 valence electrons. The van der Waals surface area contributed by atoms with Crippen LogP contribution < -0.4 is 4.74 Å². The van der Waals surface area contributed by atoms with E-state index in [1.807, 2.05) is 24.4 Å². The van der Waals surface area contributed by atoms with E-state index in [1.165, 1.54) is 4.70 Å². The van der Waals surface area contributed by atoms with Gasteiger partial charge in [0.1, 0.15) is 5.75 Å². The minimum atomic E-state index is 0.0992.